The lowest BCUT2D eigenvalue weighted by atomic mass is 9.82. The second-order valence-corrected chi connectivity index (χ2v) is 8.85. The first-order valence-electron chi connectivity index (χ1n) is 8.18. The highest BCUT2D eigenvalue weighted by atomic mass is 79.9. The molecule has 1 amide bonds. The Morgan fingerprint density at radius 1 is 1.08 bits per heavy atom. The van der Waals surface area contributed by atoms with Crippen LogP contribution in [0.1, 0.15) is 41.0 Å². The van der Waals surface area contributed by atoms with Crippen LogP contribution in [0.5, 0.6) is 5.75 Å². The Morgan fingerprint density at radius 3 is 2.42 bits per heavy atom. The molecular formula is C20H26BrNO2. The van der Waals surface area contributed by atoms with Crippen LogP contribution in [0.3, 0.4) is 0 Å². The van der Waals surface area contributed by atoms with Crippen molar-refractivity contribution < 1.29 is 9.53 Å². The highest BCUT2D eigenvalue weighted by molar-refractivity contribution is 9.10. The minimum atomic E-state index is -0.265. The standard InChI is InChI=1S/C20H26BrNO2/c1-19(2,3)13-20(4,5)22-17(23)12-24-16-11-10-14-8-6-7-9-15(14)18(16)21/h6-11H,12-13H2,1-5H3,(H,22,23). The fraction of sp³-hybridized carbons (Fsp3) is 0.450. The second-order valence-electron chi connectivity index (χ2n) is 8.06. The number of rotatable bonds is 5. The average molecular weight is 392 g/mol. The predicted octanol–water partition coefficient (Wildman–Crippen LogP) is 5.31. The van der Waals surface area contributed by atoms with Crippen LogP contribution in [0.4, 0.5) is 0 Å². The van der Waals surface area contributed by atoms with Gasteiger partial charge in [0.2, 0.25) is 0 Å². The van der Waals surface area contributed by atoms with Gasteiger partial charge in [0.25, 0.3) is 5.91 Å². The summed E-state index contributed by atoms with van der Waals surface area (Å²) in [6.45, 7) is 10.6. The summed E-state index contributed by atoms with van der Waals surface area (Å²) in [5, 5.41) is 5.27. The van der Waals surface area contributed by atoms with Crippen LogP contribution in [0, 0.1) is 5.41 Å². The molecule has 3 nitrogen and oxygen atoms in total. The first kappa shape index (κ1) is 18.8. The topological polar surface area (TPSA) is 38.3 Å². The molecule has 2 rings (SSSR count). The van der Waals surface area contributed by atoms with Crippen LogP contribution < -0.4 is 10.1 Å². The van der Waals surface area contributed by atoms with Gasteiger partial charge in [0, 0.05) is 5.54 Å². The molecule has 0 bridgehead atoms. The molecule has 0 atom stereocenters. The smallest absolute Gasteiger partial charge is 0.258 e. The summed E-state index contributed by atoms with van der Waals surface area (Å²) in [4.78, 5) is 12.2. The van der Waals surface area contributed by atoms with Gasteiger partial charge in [0.15, 0.2) is 6.61 Å². The van der Waals surface area contributed by atoms with Crippen molar-refractivity contribution in [1.82, 2.24) is 5.32 Å². The zero-order valence-electron chi connectivity index (χ0n) is 15.1. The summed E-state index contributed by atoms with van der Waals surface area (Å²) >= 11 is 3.58. The number of amides is 1. The van der Waals surface area contributed by atoms with Crippen molar-refractivity contribution >= 4 is 32.6 Å². The molecule has 0 heterocycles. The van der Waals surface area contributed by atoms with Crippen LogP contribution in [0.2, 0.25) is 0 Å². The van der Waals surface area contributed by atoms with Crippen molar-refractivity contribution in [1.29, 1.82) is 0 Å². The van der Waals surface area contributed by atoms with Crippen molar-refractivity contribution in [2.75, 3.05) is 6.61 Å². The first-order chi connectivity index (χ1) is 11.1. The van der Waals surface area contributed by atoms with Crippen molar-refractivity contribution in [3.05, 3.63) is 40.9 Å². The van der Waals surface area contributed by atoms with Crippen LogP contribution in [-0.2, 0) is 4.79 Å². The number of carbonyl (C=O) groups excluding carboxylic acids is 1. The molecule has 0 saturated carbocycles. The molecule has 130 valence electrons. The highest BCUT2D eigenvalue weighted by Crippen LogP contribution is 2.33. The lowest BCUT2D eigenvalue weighted by molar-refractivity contribution is -0.125. The molecular weight excluding hydrogens is 366 g/mol. The molecule has 0 radical (unpaired) electrons. The number of halogens is 1. The van der Waals surface area contributed by atoms with Crippen molar-refractivity contribution in [3.8, 4) is 5.75 Å². The van der Waals surface area contributed by atoms with Crippen molar-refractivity contribution in [2.24, 2.45) is 5.41 Å². The van der Waals surface area contributed by atoms with E-state index in [2.05, 4.69) is 42.0 Å². The van der Waals surface area contributed by atoms with E-state index in [-0.39, 0.29) is 23.5 Å². The van der Waals surface area contributed by atoms with Crippen molar-refractivity contribution in [2.45, 2.75) is 46.6 Å². The zero-order chi connectivity index (χ0) is 18.0. The largest absolute Gasteiger partial charge is 0.483 e. The normalized spacial score (nSPS) is 12.2. The second kappa shape index (κ2) is 7.14. The molecule has 0 aromatic heterocycles. The van der Waals surface area contributed by atoms with Crippen LogP contribution in [-0.4, -0.2) is 18.1 Å². The fourth-order valence-corrected chi connectivity index (χ4v) is 3.86. The van der Waals surface area contributed by atoms with Crippen LogP contribution in [0.15, 0.2) is 40.9 Å². The molecule has 0 aliphatic carbocycles. The Balaban J connectivity index is 2.01. The van der Waals surface area contributed by atoms with Gasteiger partial charge in [0.1, 0.15) is 5.75 Å². The zero-order valence-corrected chi connectivity index (χ0v) is 16.7. The Hall–Kier alpha value is -1.55. The molecule has 0 saturated heterocycles. The summed E-state index contributed by atoms with van der Waals surface area (Å²) in [5.41, 5.74) is -0.113. The minimum Gasteiger partial charge on any atom is -0.483 e. The Morgan fingerprint density at radius 2 is 1.75 bits per heavy atom. The van der Waals surface area contributed by atoms with E-state index in [1.807, 2.05) is 50.2 Å². The molecule has 0 aliphatic rings. The van der Waals surface area contributed by atoms with E-state index in [1.165, 1.54) is 0 Å². The van der Waals surface area contributed by atoms with Gasteiger partial charge in [-0.1, -0.05) is 51.1 Å². The number of ether oxygens (including phenoxy) is 1. The van der Waals surface area contributed by atoms with E-state index in [1.54, 1.807) is 0 Å². The number of hydrogen-bond acceptors (Lipinski definition) is 2. The van der Waals surface area contributed by atoms with Gasteiger partial charge in [-0.25, -0.2) is 0 Å². The van der Waals surface area contributed by atoms with E-state index in [0.717, 1.165) is 21.7 Å². The van der Waals surface area contributed by atoms with Gasteiger partial charge in [-0.05, 0) is 58.5 Å². The molecule has 24 heavy (non-hydrogen) atoms. The van der Waals surface area contributed by atoms with Gasteiger partial charge in [-0.3, -0.25) is 4.79 Å². The fourth-order valence-electron chi connectivity index (χ4n) is 3.25. The van der Waals surface area contributed by atoms with E-state index in [4.69, 9.17) is 4.74 Å². The van der Waals surface area contributed by atoms with E-state index in [0.29, 0.717) is 5.75 Å². The molecule has 0 spiro atoms. The van der Waals surface area contributed by atoms with E-state index < -0.39 is 0 Å². The molecule has 0 unspecified atom stereocenters. The summed E-state index contributed by atoms with van der Waals surface area (Å²) in [6, 6.07) is 11.9. The lowest BCUT2D eigenvalue weighted by Gasteiger charge is -2.33. The molecule has 0 fully saturated rings. The average Bonchev–Trinajstić information content (AvgIpc) is 2.43. The maximum Gasteiger partial charge on any atom is 0.258 e. The Labute approximate surface area is 152 Å². The minimum absolute atomic E-state index is 0.00448. The van der Waals surface area contributed by atoms with Gasteiger partial charge < -0.3 is 10.1 Å². The molecule has 1 N–H and O–H groups in total. The molecule has 2 aromatic carbocycles. The lowest BCUT2D eigenvalue weighted by Crippen LogP contribution is -2.47. The van der Waals surface area contributed by atoms with E-state index in [9.17, 15) is 4.79 Å². The maximum atomic E-state index is 12.2. The van der Waals surface area contributed by atoms with Crippen LogP contribution in [0.25, 0.3) is 10.8 Å². The van der Waals surface area contributed by atoms with E-state index >= 15 is 0 Å². The van der Waals surface area contributed by atoms with Gasteiger partial charge >= 0.3 is 0 Å². The Bertz CT molecular complexity index is 732. The molecule has 4 heteroatoms. The number of benzene rings is 2. The monoisotopic (exact) mass is 391 g/mol. The molecule has 2 aromatic rings. The summed E-state index contributed by atoms with van der Waals surface area (Å²) < 4.78 is 6.60. The number of nitrogens with one attached hydrogen (secondary N) is 1. The van der Waals surface area contributed by atoms with Crippen LogP contribution >= 0.6 is 15.9 Å². The third kappa shape index (κ3) is 5.23. The Kier molecular flexibility index (Phi) is 5.59. The number of hydrogen-bond donors (Lipinski definition) is 1. The summed E-state index contributed by atoms with van der Waals surface area (Å²) in [5.74, 6) is 0.571. The third-order valence-electron chi connectivity index (χ3n) is 3.64. The molecule has 0 aliphatic heterocycles. The predicted molar refractivity (Wildman–Crippen MR) is 103 cm³/mol. The summed E-state index contributed by atoms with van der Waals surface area (Å²) in [6.07, 6.45) is 0.894. The third-order valence-corrected chi connectivity index (χ3v) is 4.45. The van der Waals surface area contributed by atoms with Crippen molar-refractivity contribution in [3.63, 3.8) is 0 Å². The van der Waals surface area contributed by atoms with Gasteiger partial charge in [0.05, 0.1) is 4.47 Å². The van der Waals surface area contributed by atoms with Gasteiger partial charge in [-0.15, -0.1) is 0 Å². The summed E-state index contributed by atoms with van der Waals surface area (Å²) in [7, 11) is 0. The van der Waals surface area contributed by atoms with Gasteiger partial charge in [-0.2, -0.15) is 0 Å². The number of fused-ring (bicyclic) bond motifs is 1. The highest BCUT2D eigenvalue weighted by Gasteiger charge is 2.27. The number of carbonyl (C=O) groups is 1. The SMILES string of the molecule is CC(C)(C)CC(C)(C)NC(=O)COc1ccc2ccccc2c1Br. The maximum absolute atomic E-state index is 12.2. The first-order valence-corrected chi connectivity index (χ1v) is 8.98. The quantitative estimate of drug-likeness (QED) is 0.749.